The Morgan fingerprint density at radius 3 is 2.31 bits per heavy atom. The molecule has 0 saturated heterocycles. The van der Waals surface area contributed by atoms with Gasteiger partial charge in [-0.1, -0.05) is 24.3 Å². The zero-order chi connectivity index (χ0) is 18.5. The van der Waals surface area contributed by atoms with Crippen LogP contribution in [0.5, 0.6) is 0 Å². The van der Waals surface area contributed by atoms with E-state index in [1.165, 1.54) is 6.07 Å². The van der Waals surface area contributed by atoms with E-state index >= 15 is 0 Å². The Bertz CT molecular complexity index is 1130. The van der Waals surface area contributed by atoms with E-state index in [4.69, 9.17) is 0 Å². The minimum absolute atomic E-state index is 0.105. The van der Waals surface area contributed by atoms with Gasteiger partial charge in [0.1, 0.15) is 9.73 Å². The zero-order valence-corrected chi connectivity index (χ0v) is 16.1. The van der Waals surface area contributed by atoms with Crippen molar-refractivity contribution < 1.29 is 17.4 Å². The topological polar surface area (TPSA) is 29.4 Å². The first-order valence-electron chi connectivity index (χ1n) is 7.62. The van der Waals surface area contributed by atoms with Crippen LogP contribution in [0, 0.1) is 3.57 Å². The highest BCUT2D eigenvalue weighted by Gasteiger charge is 2.34. The number of alkyl halides is 3. The van der Waals surface area contributed by atoms with Gasteiger partial charge in [-0.15, -0.1) is 0 Å². The van der Waals surface area contributed by atoms with Crippen LogP contribution in [0.1, 0.15) is 5.56 Å². The Balaban J connectivity index is 2.11. The molecule has 1 atom stereocenters. The lowest BCUT2D eigenvalue weighted by atomic mass is 10.0. The van der Waals surface area contributed by atoms with E-state index in [1.807, 2.05) is 12.1 Å². The van der Waals surface area contributed by atoms with Crippen LogP contribution in [0.25, 0.3) is 11.1 Å². The van der Waals surface area contributed by atoms with Crippen molar-refractivity contribution in [1.82, 2.24) is 0 Å². The minimum Gasteiger partial charge on any atom is -0.239 e. The molecule has 0 radical (unpaired) electrons. The highest BCUT2D eigenvalue weighted by atomic mass is 127. The number of nitrogens with zero attached hydrogens (tertiary/aromatic N) is 1. The van der Waals surface area contributed by atoms with Gasteiger partial charge in [-0.05, 0) is 65.1 Å². The van der Waals surface area contributed by atoms with E-state index in [0.29, 0.717) is 21.7 Å². The van der Waals surface area contributed by atoms with Gasteiger partial charge in [0, 0.05) is 14.7 Å². The molecular formula is C19H11F3INOS. The fourth-order valence-electron chi connectivity index (χ4n) is 2.93. The van der Waals surface area contributed by atoms with Gasteiger partial charge >= 0.3 is 6.18 Å². The molecule has 4 rings (SSSR count). The third kappa shape index (κ3) is 2.83. The molecule has 1 aliphatic heterocycles. The second-order valence-corrected chi connectivity index (χ2v) is 9.19. The number of hydrogen-bond acceptors (Lipinski definition) is 2. The lowest BCUT2D eigenvalue weighted by molar-refractivity contribution is -0.137. The molecule has 7 heteroatoms. The summed E-state index contributed by atoms with van der Waals surface area (Å²) >= 11 is 2.13. The normalized spacial score (nSPS) is 18.6. The van der Waals surface area contributed by atoms with Crippen molar-refractivity contribution in [3.63, 3.8) is 0 Å². The third-order valence-electron chi connectivity index (χ3n) is 4.15. The maximum Gasteiger partial charge on any atom is 0.416 e. The van der Waals surface area contributed by atoms with Crippen molar-refractivity contribution in [3.05, 3.63) is 75.9 Å². The molecule has 26 heavy (non-hydrogen) atoms. The number of rotatable bonds is 1. The Labute approximate surface area is 162 Å². The molecule has 0 aromatic heterocycles. The van der Waals surface area contributed by atoms with E-state index in [-0.39, 0.29) is 4.90 Å². The molecule has 2 nitrogen and oxygen atoms in total. The first-order chi connectivity index (χ1) is 12.3. The zero-order valence-electron chi connectivity index (χ0n) is 13.1. The Morgan fingerprint density at radius 2 is 1.62 bits per heavy atom. The average molecular weight is 485 g/mol. The van der Waals surface area contributed by atoms with Crippen molar-refractivity contribution in [1.29, 1.82) is 0 Å². The van der Waals surface area contributed by atoms with E-state index in [1.54, 1.807) is 36.4 Å². The van der Waals surface area contributed by atoms with Crippen LogP contribution in [0.15, 0.2) is 80.9 Å². The summed E-state index contributed by atoms with van der Waals surface area (Å²) in [6.07, 6.45) is -4.52. The summed E-state index contributed by atoms with van der Waals surface area (Å²) < 4.78 is 58.9. The summed E-state index contributed by atoms with van der Waals surface area (Å²) in [5, 5.41) is 0. The van der Waals surface area contributed by atoms with Crippen molar-refractivity contribution in [2.45, 2.75) is 16.0 Å². The van der Waals surface area contributed by atoms with Crippen LogP contribution in [-0.4, -0.2) is 4.21 Å². The van der Waals surface area contributed by atoms with Gasteiger partial charge in [-0.2, -0.15) is 17.5 Å². The molecule has 132 valence electrons. The summed E-state index contributed by atoms with van der Waals surface area (Å²) in [4.78, 5) is 0.498. The molecule has 1 aliphatic rings. The monoisotopic (exact) mass is 485 g/mol. The van der Waals surface area contributed by atoms with Crippen LogP contribution >= 0.6 is 22.6 Å². The number of hydrogen-bond donors (Lipinski definition) is 0. The van der Waals surface area contributed by atoms with E-state index in [0.717, 1.165) is 15.7 Å². The second-order valence-electron chi connectivity index (χ2n) is 5.80. The molecule has 0 fully saturated rings. The molecule has 0 saturated carbocycles. The number of benzene rings is 3. The van der Waals surface area contributed by atoms with Gasteiger partial charge in [0.2, 0.25) is 0 Å². The standard InChI is InChI=1S/C19H11F3INOS/c20-19(21,22)12-6-8-15-16-11-13(23)7-9-17(16)24-26(25,18(15)10-12)14-4-2-1-3-5-14/h1-11H. The maximum atomic E-state index is 13.8. The third-order valence-corrected chi connectivity index (χ3v) is 7.12. The summed E-state index contributed by atoms with van der Waals surface area (Å²) in [7, 11) is -3.21. The molecule has 0 spiro atoms. The van der Waals surface area contributed by atoms with Gasteiger partial charge in [-0.3, -0.25) is 0 Å². The van der Waals surface area contributed by atoms with E-state index in [2.05, 4.69) is 27.0 Å². The highest BCUT2D eigenvalue weighted by Crippen LogP contribution is 2.46. The summed E-state index contributed by atoms with van der Waals surface area (Å²) in [6.45, 7) is 0. The Kier molecular flexibility index (Phi) is 4.11. The number of fused-ring (bicyclic) bond motifs is 3. The smallest absolute Gasteiger partial charge is 0.239 e. The minimum atomic E-state index is -4.52. The maximum absolute atomic E-state index is 13.8. The Hall–Kier alpha value is -1.87. The van der Waals surface area contributed by atoms with E-state index < -0.39 is 21.5 Å². The summed E-state index contributed by atoms with van der Waals surface area (Å²) in [5.41, 5.74) is 0.904. The van der Waals surface area contributed by atoms with Gasteiger partial charge in [0.05, 0.1) is 21.0 Å². The predicted octanol–water partition coefficient (Wildman–Crippen LogP) is 6.51. The first kappa shape index (κ1) is 17.5. The van der Waals surface area contributed by atoms with Gasteiger partial charge in [-0.25, -0.2) is 4.21 Å². The van der Waals surface area contributed by atoms with Gasteiger partial charge in [0.15, 0.2) is 0 Å². The SMILES string of the molecule is O=S1(c2ccccc2)=Nc2ccc(I)cc2-c2ccc(C(F)(F)F)cc21. The largest absolute Gasteiger partial charge is 0.416 e. The van der Waals surface area contributed by atoms with Crippen LogP contribution in [0.2, 0.25) is 0 Å². The fourth-order valence-corrected chi connectivity index (χ4v) is 5.60. The summed E-state index contributed by atoms with van der Waals surface area (Å²) in [5.74, 6) is 0. The molecule has 1 heterocycles. The van der Waals surface area contributed by atoms with Crippen molar-refractivity contribution in [3.8, 4) is 11.1 Å². The lowest BCUT2D eigenvalue weighted by Crippen LogP contribution is -2.11. The van der Waals surface area contributed by atoms with Crippen molar-refractivity contribution in [2.75, 3.05) is 0 Å². The summed E-state index contributed by atoms with van der Waals surface area (Å²) in [6, 6.07) is 17.3. The van der Waals surface area contributed by atoms with Crippen molar-refractivity contribution >= 4 is 38.0 Å². The first-order valence-corrected chi connectivity index (χ1v) is 10.2. The molecule has 0 N–H and O–H groups in total. The second kappa shape index (κ2) is 6.09. The molecule has 0 amide bonds. The highest BCUT2D eigenvalue weighted by molar-refractivity contribution is 14.1. The fraction of sp³-hybridized carbons (Fsp3) is 0.0526. The van der Waals surface area contributed by atoms with Crippen LogP contribution in [0.3, 0.4) is 0 Å². The molecule has 0 aliphatic carbocycles. The van der Waals surface area contributed by atoms with Crippen LogP contribution in [-0.2, 0) is 15.9 Å². The van der Waals surface area contributed by atoms with E-state index in [9.17, 15) is 17.4 Å². The quantitative estimate of drug-likeness (QED) is 0.283. The van der Waals surface area contributed by atoms with Crippen LogP contribution in [0.4, 0.5) is 18.9 Å². The number of halogens is 4. The van der Waals surface area contributed by atoms with Crippen LogP contribution < -0.4 is 0 Å². The van der Waals surface area contributed by atoms with Crippen molar-refractivity contribution in [2.24, 2.45) is 4.36 Å². The molecular weight excluding hydrogens is 474 g/mol. The molecule has 1 unspecified atom stereocenters. The molecule has 3 aromatic carbocycles. The molecule has 0 bridgehead atoms. The van der Waals surface area contributed by atoms with Gasteiger partial charge < -0.3 is 0 Å². The predicted molar refractivity (Wildman–Crippen MR) is 103 cm³/mol. The lowest BCUT2D eigenvalue weighted by Gasteiger charge is -2.23. The Morgan fingerprint density at radius 1 is 0.885 bits per heavy atom. The molecule has 3 aromatic rings. The van der Waals surface area contributed by atoms with Gasteiger partial charge in [0.25, 0.3) is 0 Å². The average Bonchev–Trinajstić information content (AvgIpc) is 2.62.